The molecular weight excluding hydrogens is 268 g/mol. The van der Waals surface area contributed by atoms with Crippen molar-refractivity contribution in [3.05, 3.63) is 41.5 Å². The second-order valence-electron chi connectivity index (χ2n) is 5.29. The quantitative estimate of drug-likeness (QED) is 0.879. The maximum atomic E-state index is 5.93. The molecule has 20 heavy (non-hydrogen) atoms. The van der Waals surface area contributed by atoms with E-state index >= 15 is 0 Å². The van der Waals surface area contributed by atoms with Crippen LogP contribution in [0.2, 0.25) is 0 Å². The van der Waals surface area contributed by atoms with Gasteiger partial charge in [-0.05, 0) is 37.5 Å². The molecule has 1 aromatic heterocycles. The Balaban J connectivity index is 1.70. The highest BCUT2D eigenvalue weighted by Gasteiger charge is 2.15. The first-order valence-electron chi connectivity index (χ1n) is 7.13. The van der Waals surface area contributed by atoms with Gasteiger partial charge in [-0.2, -0.15) is 0 Å². The van der Waals surface area contributed by atoms with E-state index in [9.17, 15) is 0 Å². The Morgan fingerprint density at radius 1 is 1.35 bits per heavy atom. The number of thioether (sulfide) groups is 1. The molecule has 2 heterocycles. The molecule has 1 aromatic carbocycles. The normalized spacial score (nSPS) is 15.9. The Morgan fingerprint density at radius 2 is 2.25 bits per heavy atom. The van der Waals surface area contributed by atoms with Gasteiger partial charge in [0.2, 0.25) is 0 Å². The van der Waals surface area contributed by atoms with Crippen LogP contribution in [0.5, 0.6) is 0 Å². The molecule has 0 saturated carbocycles. The van der Waals surface area contributed by atoms with Gasteiger partial charge < -0.3 is 10.3 Å². The van der Waals surface area contributed by atoms with Gasteiger partial charge >= 0.3 is 0 Å². The van der Waals surface area contributed by atoms with Gasteiger partial charge in [-0.3, -0.25) is 0 Å². The van der Waals surface area contributed by atoms with Crippen LogP contribution in [0.1, 0.15) is 43.0 Å². The SMILES string of the molecule is CC(N)c1cccc(SCc2nnc3n2CCCC3)c1. The molecule has 1 aliphatic heterocycles. The molecule has 0 fully saturated rings. The number of aromatic nitrogens is 3. The maximum absolute atomic E-state index is 5.93. The summed E-state index contributed by atoms with van der Waals surface area (Å²) in [7, 11) is 0. The fourth-order valence-electron chi connectivity index (χ4n) is 2.51. The summed E-state index contributed by atoms with van der Waals surface area (Å²) in [5, 5.41) is 8.63. The van der Waals surface area contributed by atoms with Crippen LogP contribution in [0.3, 0.4) is 0 Å². The number of hydrogen-bond acceptors (Lipinski definition) is 4. The van der Waals surface area contributed by atoms with E-state index in [1.807, 2.05) is 6.92 Å². The van der Waals surface area contributed by atoms with Gasteiger partial charge in [-0.15, -0.1) is 22.0 Å². The highest BCUT2D eigenvalue weighted by Crippen LogP contribution is 2.26. The summed E-state index contributed by atoms with van der Waals surface area (Å²) in [4.78, 5) is 1.24. The summed E-state index contributed by atoms with van der Waals surface area (Å²) in [6.07, 6.45) is 3.54. The zero-order valence-corrected chi connectivity index (χ0v) is 12.6. The molecule has 3 rings (SSSR count). The Bertz CT molecular complexity index is 591. The first-order valence-corrected chi connectivity index (χ1v) is 8.12. The molecule has 1 atom stereocenters. The van der Waals surface area contributed by atoms with Crippen molar-refractivity contribution in [1.29, 1.82) is 0 Å². The first kappa shape index (κ1) is 13.6. The largest absolute Gasteiger partial charge is 0.324 e. The van der Waals surface area contributed by atoms with Crippen LogP contribution < -0.4 is 5.73 Å². The van der Waals surface area contributed by atoms with Gasteiger partial charge in [-0.25, -0.2) is 0 Å². The number of hydrogen-bond donors (Lipinski definition) is 1. The summed E-state index contributed by atoms with van der Waals surface area (Å²) in [5.41, 5.74) is 7.11. The topological polar surface area (TPSA) is 56.7 Å². The van der Waals surface area contributed by atoms with Crippen molar-refractivity contribution in [3.8, 4) is 0 Å². The lowest BCUT2D eigenvalue weighted by Crippen LogP contribution is -2.12. The van der Waals surface area contributed by atoms with Crippen molar-refractivity contribution >= 4 is 11.8 Å². The van der Waals surface area contributed by atoms with Crippen LogP contribution in [-0.2, 0) is 18.7 Å². The van der Waals surface area contributed by atoms with E-state index in [4.69, 9.17) is 5.73 Å². The van der Waals surface area contributed by atoms with Crippen molar-refractivity contribution in [2.45, 2.75) is 49.4 Å². The number of rotatable bonds is 4. The fourth-order valence-corrected chi connectivity index (χ4v) is 3.41. The molecular formula is C15H20N4S. The van der Waals surface area contributed by atoms with Crippen molar-refractivity contribution < 1.29 is 0 Å². The minimum atomic E-state index is 0.0800. The van der Waals surface area contributed by atoms with E-state index in [0.717, 1.165) is 30.4 Å². The molecule has 0 saturated heterocycles. The van der Waals surface area contributed by atoms with Crippen LogP contribution >= 0.6 is 11.8 Å². The minimum Gasteiger partial charge on any atom is -0.324 e. The van der Waals surface area contributed by atoms with Crippen molar-refractivity contribution in [2.75, 3.05) is 0 Å². The van der Waals surface area contributed by atoms with E-state index < -0.39 is 0 Å². The summed E-state index contributed by atoms with van der Waals surface area (Å²) in [5.74, 6) is 3.11. The second-order valence-corrected chi connectivity index (χ2v) is 6.34. The monoisotopic (exact) mass is 288 g/mol. The van der Waals surface area contributed by atoms with Gasteiger partial charge in [0.1, 0.15) is 11.6 Å². The molecule has 2 N–H and O–H groups in total. The van der Waals surface area contributed by atoms with Crippen LogP contribution in [0, 0.1) is 0 Å². The predicted molar refractivity (Wildman–Crippen MR) is 81.6 cm³/mol. The summed E-state index contributed by atoms with van der Waals surface area (Å²) < 4.78 is 2.28. The first-order chi connectivity index (χ1) is 9.74. The van der Waals surface area contributed by atoms with Crippen LogP contribution in [0.15, 0.2) is 29.2 Å². The number of fused-ring (bicyclic) bond motifs is 1. The summed E-state index contributed by atoms with van der Waals surface area (Å²) in [6.45, 7) is 3.08. The molecule has 1 aliphatic rings. The maximum Gasteiger partial charge on any atom is 0.143 e. The molecule has 0 spiro atoms. The second kappa shape index (κ2) is 5.97. The Morgan fingerprint density at radius 3 is 3.10 bits per heavy atom. The molecule has 106 valence electrons. The molecule has 0 radical (unpaired) electrons. The number of nitrogens with two attached hydrogens (primary N) is 1. The van der Waals surface area contributed by atoms with E-state index in [1.165, 1.54) is 23.3 Å². The molecule has 5 heteroatoms. The van der Waals surface area contributed by atoms with Gasteiger partial charge in [0.05, 0.1) is 5.75 Å². The molecule has 0 aliphatic carbocycles. The van der Waals surface area contributed by atoms with Crippen molar-refractivity contribution in [1.82, 2.24) is 14.8 Å². The third kappa shape index (κ3) is 2.88. The van der Waals surface area contributed by atoms with Crippen molar-refractivity contribution in [3.63, 3.8) is 0 Å². The summed E-state index contributed by atoms with van der Waals surface area (Å²) in [6, 6.07) is 8.53. The van der Waals surface area contributed by atoms with Gasteiger partial charge in [0.15, 0.2) is 0 Å². The molecule has 1 unspecified atom stereocenters. The third-order valence-electron chi connectivity index (χ3n) is 3.69. The zero-order valence-electron chi connectivity index (χ0n) is 11.7. The lowest BCUT2D eigenvalue weighted by Gasteiger charge is -2.14. The molecule has 0 bridgehead atoms. The zero-order chi connectivity index (χ0) is 13.9. The predicted octanol–water partition coefficient (Wildman–Crippen LogP) is 2.93. The highest BCUT2D eigenvalue weighted by atomic mass is 32.2. The number of benzene rings is 1. The Hall–Kier alpha value is -1.33. The van der Waals surface area contributed by atoms with Gasteiger partial charge in [0.25, 0.3) is 0 Å². The Labute approximate surface area is 123 Å². The smallest absolute Gasteiger partial charge is 0.143 e. The van der Waals surface area contributed by atoms with E-state index in [2.05, 4.69) is 39.0 Å². The highest BCUT2D eigenvalue weighted by molar-refractivity contribution is 7.98. The van der Waals surface area contributed by atoms with Crippen LogP contribution in [0.4, 0.5) is 0 Å². The lowest BCUT2D eigenvalue weighted by molar-refractivity contribution is 0.513. The van der Waals surface area contributed by atoms with Crippen molar-refractivity contribution in [2.24, 2.45) is 5.73 Å². The number of nitrogens with zero attached hydrogens (tertiary/aromatic N) is 3. The van der Waals surface area contributed by atoms with E-state index in [1.54, 1.807) is 11.8 Å². The summed E-state index contributed by atoms with van der Waals surface area (Å²) >= 11 is 1.80. The van der Waals surface area contributed by atoms with Gasteiger partial charge in [0, 0.05) is 23.9 Å². The van der Waals surface area contributed by atoms with Crippen LogP contribution in [0.25, 0.3) is 0 Å². The van der Waals surface area contributed by atoms with E-state index in [-0.39, 0.29) is 6.04 Å². The number of aryl methyl sites for hydroxylation is 1. The fraction of sp³-hybridized carbons (Fsp3) is 0.467. The lowest BCUT2D eigenvalue weighted by atomic mass is 10.1. The van der Waals surface area contributed by atoms with E-state index in [0.29, 0.717) is 0 Å². The Kier molecular flexibility index (Phi) is 4.08. The standard InChI is InChI=1S/C15H20N4S/c1-11(16)12-5-4-6-13(9-12)20-10-15-18-17-14-7-2-3-8-19(14)15/h4-6,9,11H,2-3,7-8,10,16H2,1H3. The molecule has 0 amide bonds. The molecule has 2 aromatic rings. The molecule has 4 nitrogen and oxygen atoms in total. The average Bonchev–Trinajstić information content (AvgIpc) is 2.89. The van der Waals surface area contributed by atoms with Gasteiger partial charge in [-0.1, -0.05) is 12.1 Å². The average molecular weight is 288 g/mol. The minimum absolute atomic E-state index is 0.0800. The third-order valence-corrected chi connectivity index (χ3v) is 4.68. The van der Waals surface area contributed by atoms with Crippen LogP contribution in [-0.4, -0.2) is 14.8 Å².